The molecule has 2 nitrogen and oxygen atoms in total. The Morgan fingerprint density at radius 3 is 0.923 bits per heavy atom. The fourth-order valence-corrected chi connectivity index (χ4v) is 3.73. The molecule has 0 unspecified atom stereocenters. The Kier molecular flexibility index (Phi) is 22.1. The van der Waals surface area contributed by atoms with E-state index >= 15 is 0 Å². The maximum absolute atomic E-state index is 10.6. The third kappa shape index (κ3) is 23.5. The molecule has 0 aliphatic heterocycles. The topological polar surface area (TPSA) is 43.1 Å². The first-order valence-corrected chi connectivity index (χ1v) is 12.1. The van der Waals surface area contributed by atoms with Crippen LogP contribution in [-0.4, -0.2) is 5.91 Å². The number of hydrogen-bond donors (Lipinski definition) is 1. The summed E-state index contributed by atoms with van der Waals surface area (Å²) >= 11 is 0. The Balaban J connectivity index is 2.98. The van der Waals surface area contributed by atoms with Crippen LogP contribution in [0.25, 0.3) is 0 Å². The maximum Gasteiger partial charge on any atom is 0.217 e. The smallest absolute Gasteiger partial charge is 0.217 e. The van der Waals surface area contributed by atoms with Crippen molar-refractivity contribution >= 4 is 5.91 Å². The third-order valence-corrected chi connectivity index (χ3v) is 5.53. The van der Waals surface area contributed by atoms with Gasteiger partial charge in [0.2, 0.25) is 5.91 Å². The molecule has 0 radical (unpaired) electrons. The summed E-state index contributed by atoms with van der Waals surface area (Å²) in [4.78, 5) is 10.6. The van der Waals surface area contributed by atoms with E-state index in [-0.39, 0.29) is 5.91 Å². The SMILES string of the molecule is CCCCCCCCCCCCCCCCCCCCCCCC(N)=O. The monoisotopic (exact) mass is 367 g/mol. The van der Waals surface area contributed by atoms with Gasteiger partial charge in [-0.15, -0.1) is 0 Å². The van der Waals surface area contributed by atoms with Crippen molar-refractivity contribution in [3.63, 3.8) is 0 Å². The van der Waals surface area contributed by atoms with E-state index in [2.05, 4.69) is 6.92 Å². The van der Waals surface area contributed by atoms with Crippen LogP contribution in [0.4, 0.5) is 0 Å². The van der Waals surface area contributed by atoms with Crippen molar-refractivity contribution in [1.29, 1.82) is 0 Å². The molecule has 0 heterocycles. The molecule has 0 rings (SSSR count). The zero-order chi connectivity index (χ0) is 19.1. The Bertz CT molecular complexity index is 277. The summed E-state index contributed by atoms with van der Waals surface area (Å²) in [7, 11) is 0. The number of unbranched alkanes of at least 4 members (excludes halogenated alkanes) is 20. The molecule has 0 spiro atoms. The molecule has 0 fully saturated rings. The van der Waals surface area contributed by atoms with Crippen LogP contribution in [0.2, 0.25) is 0 Å². The third-order valence-electron chi connectivity index (χ3n) is 5.53. The predicted octanol–water partition coefficient (Wildman–Crippen LogP) is 8.07. The highest BCUT2D eigenvalue weighted by atomic mass is 16.1. The van der Waals surface area contributed by atoms with Gasteiger partial charge in [0.15, 0.2) is 0 Å². The second-order valence-electron chi connectivity index (χ2n) is 8.29. The van der Waals surface area contributed by atoms with Crippen molar-refractivity contribution in [3.05, 3.63) is 0 Å². The molecule has 2 heteroatoms. The summed E-state index contributed by atoms with van der Waals surface area (Å²) in [6, 6.07) is 0. The van der Waals surface area contributed by atoms with E-state index in [1.165, 1.54) is 128 Å². The van der Waals surface area contributed by atoms with E-state index in [0.29, 0.717) is 6.42 Å². The molecule has 0 aliphatic rings. The second kappa shape index (κ2) is 22.5. The number of rotatable bonds is 22. The Labute approximate surface area is 165 Å². The molecule has 0 atom stereocenters. The molecular weight excluding hydrogens is 318 g/mol. The van der Waals surface area contributed by atoms with Gasteiger partial charge in [0, 0.05) is 6.42 Å². The summed E-state index contributed by atoms with van der Waals surface area (Å²) < 4.78 is 0. The van der Waals surface area contributed by atoms with Crippen LogP contribution < -0.4 is 5.73 Å². The minimum absolute atomic E-state index is 0.150. The van der Waals surface area contributed by atoms with Gasteiger partial charge in [-0.25, -0.2) is 0 Å². The standard InChI is InChI=1S/C24H49NO/c1-2-3-4-5-6-7-8-9-10-11-12-13-14-15-16-17-18-19-20-21-22-23-24(25)26/h2-23H2,1H3,(H2,25,26). The highest BCUT2D eigenvalue weighted by molar-refractivity contribution is 5.73. The van der Waals surface area contributed by atoms with E-state index < -0.39 is 0 Å². The molecule has 0 aromatic heterocycles. The van der Waals surface area contributed by atoms with Crippen LogP contribution in [0, 0.1) is 0 Å². The number of hydrogen-bond acceptors (Lipinski definition) is 1. The largest absolute Gasteiger partial charge is 0.370 e. The fraction of sp³-hybridized carbons (Fsp3) is 0.958. The van der Waals surface area contributed by atoms with Gasteiger partial charge in [-0.05, 0) is 6.42 Å². The lowest BCUT2D eigenvalue weighted by atomic mass is 10.0. The molecule has 0 saturated carbocycles. The lowest BCUT2D eigenvalue weighted by molar-refractivity contribution is -0.118. The van der Waals surface area contributed by atoms with Crippen molar-refractivity contribution in [3.8, 4) is 0 Å². The minimum Gasteiger partial charge on any atom is -0.370 e. The quantitative estimate of drug-likeness (QED) is 0.193. The first-order valence-electron chi connectivity index (χ1n) is 12.1. The fourth-order valence-electron chi connectivity index (χ4n) is 3.73. The van der Waals surface area contributed by atoms with E-state index in [1.807, 2.05) is 0 Å². The number of carbonyl (C=O) groups is 1. The van der Waals surface area contributed by atoms with Crippen LogP contribution in [0.3, 0.4) is 0 Å². The lowest BCUT2D eigenvalue weighted by Gasteiger charge is -2.04. The average Bonchev–Trinajstić information content (AvgIpc) is 2.62. The van der Waals surface area contributed by atoms with E-state index in [1.54, 1.807) is 0 Å². The predicted molar refractivity (Wildman–Crippen MR) is 116 cm³/mol. The summed E-state index contributed by atoms with van der Waals surface area (Å²) in [6.45, 7) is 2.29. The zero-order valence-corrected chi connectivity index (χ0v) is 18.0. The molecule has 0 aromatic rings. The van der Waals surface area contributed by atoms with Crippen LogP contribution >= 0.6 is 0 Å². The van der Waals surface area contributed by atoms with Crippen LogP contribution in [0.1, 0.15) is 148 Å². The van der Waals surface area contributed by atoms with Gasteiger partial charge in [0.25, 0.3) is 0 Å². The molecule has 0 aliphatic carbocycles. The normalized spacial score (nSPS) is 11.1. The summed E-state index contributed by atoms with van der Waals surface area (Å²) in [5.41, 5.74) is 5.14. The lowest BCUT2D eigenvalue weighted by Crippen LogP contribution is -2.09. The molecular formula is C24H49NO. The van der Waals surface area contributed by atoms with Crippen molar-refractivity contribution in [2.45, 2.75) is 148 Å². The van der Waals surface area contributed by atoms with Gasteiger partial charge < -0.3 is 5.73 Å². The number of amides is 1. The van der Waals surface area contributed by atoms with Gasteiger partial charge in [-0.2, -0.15) is 0 Å². The van der Waals surface area contributed by atoms with Gasteiger partial charge in [-0.3, -0.25) is 4.79 Å². The van der Waals surface area contributed by atoms with Crippen molar-refractivity contribution in [2.75, 3.05) is 0 Å². The Morgan fingerprint density at radius 2 is 0.692 bits per heavy atom. The van der Waals surface area contributed by atoms with Gasteiger partial charge in [0.1, 0.15) is 0 Å². The molecule has 1 amide bonds. The average molecular weight is 368 g/mol. The molecule has 0 aromatic carbocycles. The number of nitrogens with two attached hydrogens (primary N) is 1. The second-order valence-corrected chi connectivity index (χ2v) is 8.29. The van der Waals surface area contributed by atoms with Gasteiger partial charge in [-0.1, -0.05) is 135 Å². The first kappa shape index (κ1) is 25.5. The minimum atomic E-state index is -0.150. The Morgan fingerprint density at radius 1 is 0.462 bits per heavy atom. The van der Waals surface area contributed by atoms with Crippen molar-refractivity contribution in [1.82, 2.24) is 0 Å². The molecule has 0 bridgehead atoms. The molecule has 26 heavy (non-hydrogen) atoms. The van der Waals surface area contributed by atoms with Crippen LogP contribution in [0.15, 0.2) is 0 Å². The van der Waals surface area contributed by atoms with E-state index in [0.717, 1.165) is 6.42 Å². The molecule has 0 saturated heterocycles. The summed E-state index contributed by atoms with van der Waals surface area (Å²) in [5.74, 6) is -0.150. The summed E-state index contributed by atoms with van der Waals surface area (Å²) in [6.07, 6.45) is 29.8. The highest BCUT2D eigenvalue weighted by Crippen LogP contribution is 2.15. The Hall–Kier alpha value is -0.530. The molecule has 2 N–H and O–H groups in total. The number of carbonyl (C=O) groups excluding carboxylic acids is 1. The number of primary amides is 1. The summed E-state index contributed by atoms with van der Waals surface area (Å²) in [5, 5.41) is 0. The van der Waals surface area contributed by atoms with E-state index in [4.69, 9.17) is 5.73 Å². The van der Waals surface area contributed by atoms with Crippen molar-refractivity contribution < 1.29 is 4.79 Å². The van der Waals surface area contributed by atoms with Crippen LogP contribution in [-0.2, 0) is 4.79 Å². The zero-order valence-electron chi connectivity index (χ0n) is 18.0. The first-order chi connectivity index (χ1) is 12.8. The van der Waals surface area contributed by atoms with Crippen LogP contribution in [0.5, 0.6) is 0 Å². The van der Waals surface area contributed by atoms with Gasteiger partial charge in [0.05, 0.1) is 0 Å². The van der Waals surface area contributed by atoms with Gasteiger partial charge >= 0.3 is 0 Å². The van der Waals surface area contributed by atoms with E-state index in [9.17, 15) is 4.79 Å². The molecule has 156 valence electrons. The maximum atomic E-state index is 10.6. The highest BCUT2D eigenvalue weighted by Gasteiger charge is 1.96. The van der Waals surface area contributed by atoms with Crippen molar-refractivity contribution in [2.24, 2.45) is 5.73 Å².